The van der Waals surface area contributed by atoms with E-state index in [0.29, 0.717) is 6.54 Å². The van der Waals surface area contributed by atoms with Gasteiger partial charge in [0.25, 0.3) is 0 Å². The molecule has 0 aliphatic carbocycles. The first-order valence-corrected chi connectivity index (χ1v) is 8.75. The standard InChI is InChI=1S/C18H31N5.HI/c1-3-19-18(21-16-17-8-5-4-6-9-17)20-10-13-23-12-7-11-22(2)14-15-23;/h4-6,8-9H,3,7,10-16H2,1-2H3,(H2,19,20,21);1H. The summed E-state index contributed by atoms with van der Waals surface area (Å²) < 4.78 is 0. The molecule has 1 aromatic carbocycles. The van der Waals surface area contributed by atoms with E-state index < -0.39 is 0 Å². The molecule has 1 aliphatic heterocycles. The Morgan fingerprint density at radius 2 is 1.88 bits per heavy atom. The molecule has 0 aromatic heterocycles. The second-order valence-corrected chi connectivity index (χ2v) is 6.11. The summed E-state index contributed by atoms with van der Waals surface area (Å²) in [4.78, 5) is 9.62. The van der Waals surface area contributed by atoms with Crippen molar-refractivity contribution in [3.63, 3.8) is 0 Å². The Labute approximate surface area is 163 Å². The predicted molar refractivity (Wildman–Crippen MR) is 113 cm³/mol. The van der Waals surface area contributed by atoms with E-state index in [-0.39, 0.29) is 24.0 Å². The van der Waals surface area contributed by atoms with Gasteiger partial charge in [-0.1, -0.05) is 30.3 Å². The summed E-state index contributed by atoms with van der Waals surface area (Å²) in [7, 11) is 2.21. The van der Waals surface area contributed by atoms with Crippen molar-refractivity contribution in [2.75, 3.05) is 52.9 Å². The predicted octanol–water partition coefficient (Wildman–Crippen LogP) is 2.00. The Morgan fingerprint density at radius 1 is 1.08 bits per heavy atom. The highest BCUT2D eigenvalue weighted by Crippen LogP contribution is 2.01. The third-order valence-corrected chi connectivity index (χ3v) is 4.14. The maximum atomic E-state index is 4.66. The van der Waals surface area contributed by atoms with Crippen molar-refractivity contribution in [2.24, 2.45) is 4.99 Å². The number of nitrogens with one attached hydrogen (secondary N) is 2. The fourth-order valence-corrected chi connectivity index (χ4v) is 2.75. The van der Waals surface area contributed by atoms with E-state index >= 15 is 0 Å². The second kappa shape index (κ2) is 12.5. The quantitative estimate of drug-likeness (QED) is 0.400. The van der Waals surface area contributed by atoms with E-state index in [1.54, 1.807) is 0 Å². The van der Waals surface area contributed by atoms with E-state index in [1.165, 1.54) is 31.6 Å². The summed E-state index contributed by atoms with van der Waals surface area (Å²) in [5, 5.41) is 6.78. The minimum atomic E-state index is 0. The fraction of sp³-hybridized carbons (Fsp3) is 0.611. The summed E-state index contributed by atoms with van der Waals surface area (Å²) in [6.45, 7) is 10.4. The lowest BCUT2D eigenvalue weighted by molar-refractivity contribution is 0.280. The summed E-state index contributed by atoms with van der Waals surface area (Å²) in [6.07, 6.45) is 1.26. The van der Waals surface area contributed by atoms with E-state index in [1.807, 2.05) is 6.07 Å². The molecule has 1 aromatic rings. The first-order valence-electron chi connectivity index (χ1n) is 8.75. The highest BCUT2D eigenvalue weighted by Gasteiger charge is 2.11. The van der Waals surface area contributed by atoms with Crippen LogP contribution in [0.1, 0.15) is 18.9 Å². The molecule has 6 heteroatoms. The number of halogens is 1. The smallest absolute Gasteiger partial charge is 0.191 e. The zero-order valence-corrected chi connectivity index (χ0v) is 17.3. The average Bonchev–Trinajstić information content (AvgIpc) is 2.78. The molecule has 2 N–H and O–H groups in total. The van der Waals surface area contributed by atoms with Crippen LogP contribution in [0.3, 0.4) is 0 Å². The minimum Gasteiger partial charge on any atom is -0.357 e. The Hall–Kier alpha value is -0.860. The molecule has 1 saturated heterocycles. The molecule has 0 saturated carbocycles. The number of guanidine groups is 1. The van der Waals surface area contributed by atoms with Crippen molar-refractivity contribution in [1.82, 2.24) is 20.4 Å². The molecule has 0 radical (unpaired) electrons. The normalized spacial score (nSPS) is 17.0. The number of likely N-dealkylation sites (N-methyl/N-ethyl adjacent to an activating group) is 1. The van der Waals surface area contributed by atoms with Crippen molar-refractivity contribution in [3.05, 3.63) is 35.9 Å². The second-order valence-electron chi connectivity index (χ2n) is 6.11. The highest BCUT2D eigenvalue weighted by atomic mass is 127. The molecule has 0 atom stereocenters. The lowest BCUT2D eigenvalue weighted by Gasteiger charge is -2.21. The van der Waals surface area contributed by atoms with Gasteiger partial charge in [0.15, 0.2) is 5.96 Å². The lowest BCUT2D eigenvalue weighted by Crippen LogP contribution is -2.42. The molecule has 1 fully saturated rings. The maximum Gasteiger partial charge on any atom is 0.191 e. The van der Waals surface area contributed by atoms with Gasteiger partial charge in [-0.25, -0.2) is 4.99 Å². The topological polar surface area (TPSA) is 42.9 Å². The van der Waals surface area contributed by atoms with Crippen molar-refractivity contribution in [2.45, 2.75) is 19.9 Å². The van der Waals surface area contributed by atoms with Gasteiger partial charge >= 0.3 is 0 Å². The van der Waals surface area contributed by atoms with Gasteiger partial charge in [0.05, 0.1) is 6.54 Å². The van der Waals surface area contributed by atoms with Gasteiger partial charge in [-0.3, -0.25) is 0 Å². The van der Waals surface area contributed by atoms with Crippen LogP contribution >= 0.6 is 24.0 Å². The van der Waals surface area contributed by atoms with Crippen LogP contribution in [-0.2, 0) is 6.54 Å². The Morgan fingerprint density at radius 3 is 2.62 bits per heavy atom. The van der Waals surface area contributed by atoms with Crippen LogP contribution in [0.5, 0.6) is 0 Å². The lowest BCUT2D eigenvalue weighted by atomic mass is 10.2. The molecule has 0 amide bonds. The number of hydrogen-bond donors (Lipinski definition) is 2. The number of nitrogens with zero attached hydrogens (tertiary/aromatic N) is 3. The van der Waals surface area contributed by atoms with Gasteiger partial charge in [-0.2, -0.15) is 0 Å². The number of rotatable bonds is 6. The van der Waals surface area contributed by atoms with Crippen LogP contribution in [-0.4, -0.2) is 68.6 Å². The molecule has 1 aliphatic rings. The molecule has 24 heavy (non-hydrogen) atoms. The zero-order valence-electron chi connectivity index (χ0n) is 15.0. The van der Waals surface area contributed by atoms with E-state index in [4.69, 9.17) is 0 Å². The van der Waals surface area contributed by atoms with Gasteiger partial charge in [0.1, 0.15) is 0 Å². The molecule has 2 rings (SSSR count). The Balaban J connectivity index is 0.00000288. The van der Waals surface area contributed by atoms with E-state index in [0.717, 1.165) is 32.1 Å². The number of aliphatic imine (C=N–C) groups is 1. The summed E-state index contributed by atoms with van der Waals surface area (Å²) in [6, 6.07) is 10.4. The minimum absolute atomic E-state index is 0. The van der Waals surface area contributed by atoms with E-state index in [9.17, 15) is 0 Å². The highest BCUT2D eigenvalue weighted by molar-refractivity contribution is 14.0. The first kappa shape index (κ1) is 21.2. The summed E-state index contributed by atoms with van der Waals surface area (Å²) >= 11 is 0. The van der Waals surface area contributed by atoms with Crippen molar-refractivity contribution in [3.8, 4) is 0 Å². The molecular weight excluding hydrogens is 413 g/mol. The van der Waals surface area contributed by atoms with Gasteiger partial charge in [-0.15, -0.1) is 24.0 Å². The molecule has 0 bridgehead atoms. The van der Waals surface area contributed by atoms with Crippen molar-refractivity contribution < 1.29 is 0 Å². The Kier molecular flexibility index (Phi) is 11.0. The maximum absolute atomic E-state index is 4.66. The van der Waals surface area contributed by atoms with Gasteiger partial charge < -0.3 is 20.4 Å². The van der Waals surface area contributed by atoms with Gasteiger partial charge in [-0.05, 0) is 39.0 Å². The molecule has 1 heterocycles. The van der Waals surface area contributed by atoms with Crippen LogP contribution in [0.25, 0.3) is 0 Å². The van der Waals surface area contributed by atoms with Crippen LogP contribution in [0.15, 0.2) is 35.3 Å². The molecule has 5 nitrogen and oxygen atoms in total. The van der Waals surface area contributed by atoms with Gasteiger partial charge in [0.2, 0.25) is 0 Å². The summed E-state index contributed by atoms with van der Waals surface area (Å²) in [5.74, 6) is 0.906. The van der Waals surface area contributed by atoms with Crippen molar-refractivity contribution in [1.29, 1.82) is 0 Å². The molecule has 0 spiro atoms. The third-order valence-electron chi connectivity index (χ3n) is 4.14. The van der Waals surface area contributed by atoms with Gasteiger partial charge in [0, 0.05) is 32.7 Å². The van der Waals surface area contributed by atoms with Crippen LogP contribution < -0.4 is 10.6 Å². The molecule has 136 valence electrons. The zero-order chi connectivity index (χ0) is 16.3. The number of hydrogen-bond acceptors (Lipinski definition) is 3. The Bertz CT molecular complexity index is 466. The fourth-order valence-electron chi connectivity index (χ4n) is 2.75. The summed E-state index contributed by atoms with van der Waals surface area (Å²) in [5.41, 5.74) is 1.24. The molecule has 0 unspecified atom stereocenters. The van der Waals surface area contributed by atoms with Crippen molar-refractivity contribution >= 4 is 29.9 Å². The monoisotopic (exact) mass is 445 g/mol. The van der Waals surface area contributed by atoms with Crippen LogP contribution in [0.2, 0.25) is 0 Å². The largest absolute Gasteiger partial charge is 0.357 e. The van der Waals surface area contributed by atoms with Crippen LogP contribution in [0.4, 0.5) is 0 Å². The number of benzene rings is 1. The SMILES string of the molecule is CCNC(=NCc1ccccc1)NCCN1CCCN(C)CC1.I. The first-order chi connectivity index (χ1) is 11.3. The van der Waals surface area contributed by atoms with E-state index in [2.05, 4.69) is 63.7 Å². The third kappa shape index (κ3) is 8.30. The molecular formula is C18H32IN5. The average molecular weight is 445 g/mol. The van der Waals surface area contributed by atoms with Crippen LogP contribution in [0, 0.1) is 0 Å².